The van der Waals surface area contributed by atoms with Crippen LogP contribution >= 0.6 is 23.4 Å². The van der Waals surface area contributed by atoms with E-state index in [-0.39, 0.29) is 0 Å². The van der Waals surface area contributed by atoms with Gasteiger partial charge in [0.05, 0.1) is 11.2 Å². The van der Waals surface area contributed by atoms with Crippen LogP contribution in [0.4, 0.5) is 0 Å². The second kappa shape index (κ2) is 4.39. The van der Waals surface area contributed by atoms with Crippen LogP contribution in [0.1, 0.15) is 0 Å². The third-order valence-electron chi connectivity index (χ3n) is 1.45. The van der Waals surface area contributed by atoms with Crippen molar-refractivity contribution in [2.75, 3.05) is 0 Å². The fourth-order valence-corrected chi connectivity index (χ4v) is 1.66. The van der Waals surface area contributed by atoms with Crippen molar-refractivity contribution in [1.82, 2.24) is 15.0 Å². The standard InChI is InChI=1S/C9H6ClN3S/c10-7-1-2-8(13-5-7)14-9-6-11-3-4-12-9/h1-6H. The first kappa shape index (κ1) is 9.43. The Balaban J connectivity index is 2.16. The summed E-state index contributed by atoms with van der Waals surface area (Å²) in [5.41, 5.74) is 0. The molecule has 0 spiro atoms. The molecule has 0 radical (unpaired) electrons. The largest absolute Gasteiger partial charge is 0.260 e. The molecule has 5 heteroatoms. The van der Waals surface area contributed by atoms with Crippen LogP contribution in [0.15, 0.2) is 47.0 Å². The van der Waals surface area contributed by atoms with Crippen LogP contribution in [0.2, 0.25) is 5.02 Å². The molecule has 0 atom stereocenters. The molecule has 0 N–H and O–H groups in total. The van der Waals surface area contributed by atoms with Crippen molar-refractivity contribution in [2.45, 2.75) is 10.1 Å². The molecular weight excluding hydrogens is 218 g/mol. The Bertz CT molecular complexity index is 404. The molecule has 0 aromatic carbocycles. The number of hydrogen-bond donors (Lipinski definition) is 0. The Morgan fingerprint density at radius 3 is 2.57 bits per heavy atom. The lowest BCUT2D eigenvalue weighted by atomic mass is 10.5. The number of hydrogen-bond acceptors (Lipinski definition) is 4. The zero-order chi connectivity index (χ0) is 9.80. The number of aromatic nitrogens is 3. The Morgan fingerprint density at radius 1 is 1.00 bits per heavy atom. The van der Waals surface area contributed by atoms with E-state index in [1.807, 2.05) is 6.07 Å². The highest BCUT2D eigenvalue weighted by Crippen LogP contribution is 2.23. The Morgan fingerprint density at radius 2 is 1.93 bits per heavy atom. The van der Waals surface area contributed by atoms with Gasteiger partial charge in [-0.2, -0.15) is 0 Å². The van der Waals surface area contributed by atoms with Gasteiger partial charge in [-0.25, -0.2) is 9.97 Å². The normalized spacial score (nSPS) is 10.1. The van der Waals surface area contributed by atoms with Gasteiger partial charge in [0.25, 0.3) is 0 Å². The SMILES string of the molecule is Clc1ccc(Sc2cnccn2)nc1. The fourth-order valence-electron chi connectivity index (χ4n) is 0.868. The molecule has 2 aromatic heterocycles. The summed E-state index contributed by atoms with van der Waals surface area (Å²) in [4.78, 5) is 12.2. The second-order valence-electron chi connectivity index (χ2n) is 2.46. The van der Waals surface area contributed by atoms with Crippen molar-refractivity contribution in [1.29, 1.82) is 0 Å². The Kier molecular flexibility index (Phi) is 2.96. The lowest BCUT2D eigenvalue weighted by Crippen LogP contribution is -1.82. The van der Waals surface area contributed by atoms with Crippen molar-refractivity contribution < 1.29 is 0 Å². The van der Waals surface area contributed by atoms with Gasteiger partial charge in [0.15, 0.2) is 0 Å². The van der Waals surface area contributed by atoms with Crippen LogP contribution in [-0.2, 0) is 0 Å². The molecule has 0 saturated carbocycles. The van der Waals surface area contributed by atoms with Gasteiger partial charge in [0.1, 0.15) is 10.1 Å². The molecule has 70 valence electrons. The summed E-state index contributed by atoms with van der Waals surface area (Å²) in [6.07, 6.45) is 6.60. The summed E-state index contributed by atoms with van der Waals surface area (Å²) in [6, 6.07) is 3.65. The van der Waals surface area contributed by atoms with Gasteiger partial charge in [0.2, 0.25) is 0 Å². The topological polar surface area (TPSA) is 38.7 Å². The monoisotopic (exact) mass is 223 g/mol. The van der Waals surface area contributed by atoms with Crippen molar-refractivity contribution in [3.8, 4) is 0 Å². The van der Waals surface area contributed by atoms with E-state index in [1.165, 1.54) is 11.8 Å². The predicted octanol–water partition coefficient (Wildman–Crippen LogP) is 2.68. The summed E-state index contributed by atoms with van der Waals surface area (Å²) >= 11 is 7.17. The third kappa shape index (κ3) is 2.43. The summed E-state index contributed by atoms with van der Waals surface area (Å²) in [7, 11) is 0. The summed E-state index contributed by atoms with van der Waals surface area (Å²) < 4.78 is 0. The quantitative estimate of drug-likeness (QED) is 0.785. The average Bonchev–Trinajstić information content (AvgIpc) is 2.23. The van der Waals surface area contributed by atoms with Crippen LogP contribution in [-0.4, -0.2) is 15.0 Å². The maximum atomic E-state index is 5.71. The maximum absolute atomic E-state index is 5.71. The van der Waals surface area contributed by atoms with Gasteiger partial charge in [-0.05, 0) is 23.9 Å². The first-order chi connectivity index (χ1) is 6.84. The van der Waals surface area contributed by atoms with Crippen molar-refractivity contribution in [2.24, 2.45) is 0 Å². The van der Waals surface area contributed by atoms with Crippen LogP contribution in [0, 0.1) is 0 Å². The molecule has 0 aliphatic carbocycles. The molecule has 0 saturated heterocycles. The van der Waals surface area contributed by atoms with E-state index >= 15 is 0 Å². The van der Waals surface area contributed by atoms with Gasteiger partial charge in [-0.1, -0.05) is 11.6 Å². The Labute approximate surface area is 90.6 Å². The number of halogens is 1. The first-order valence-corrected chi connectivity index (χ1v) is 5.09. The minimum atomic E-state index is 0.633. The highest BCUT2D eigenvalue weighted by atomic mass is 35.5. The summed E-state index contributed by atoms with van der Waals surface area (Å²) in [5.74, 6) is 0. The lowest BCUT2D eigenvalue weighted by molar-refractivity contribution is 1.04. The molecule has 0 bridgehead atoms. The number of rotatable bonds is 2. The van der Waals surface area contributed by atoms with E-state index in [0.717, 1.165) is 10.1 Å². The number of nitrogens with zero attached hydrogens (tertiary/aromatic N) is 3. The highest BCUT2D eigenvalue weighted by molar-refractivity contribution is 7.99. The second-order valence-corrected chi connectivity index (χ2v) is 3.94. The molecule has 2 aromatic rings. The molecule has 2 rings (SSSR count). The zero-order valence-electron chi connectivity index (χ0n) is 7.09. The van der Waals surface area contributed by atoms with Crippen LogP contribution in [0.5, 0.6) is 0 Å². The number of pyridine rings is 1. The van der Waals surface area contributed by atoms with Gasteiger partial charge in [-0.3, -0.25) is 4.98 Å². The fraction of sp³-hybridized carbons (Fsp3) is 0. The van der Waals surface area contributed by atoms with Crippen molar-refractivity contribution in [3.05, 3.63) is 41.9 Å². The minimum Gasteiger partial charge on any atom is -0.260 e. The van der Waals surface area contributed by atoms with Crippen LogP contribution < -0.4 is 0 Å². The summed E-state index contributed by atoms with van der Waals surface area (Å²) in [6.45, 7) is 0. The minimum absolute atomic E-state index is 0.633. The molecule has 0 amide bonds. The van der Waals surface area contributed by atoms with E-state index in [2.05, 4.69) is 15.0 Å². The van der Waals surface area contributed by atoms with Crippen molar-refractivity contribution >= 4 is 23.4 Å². The van der Waals surface area contributed by atoms with E-state index in [1.54, 1.807) is 30.9 Å². The van der Waals surface area contributed by atoms with Crippen LogP contribution in [0.3, 0.4) is 0 Å². The van der Waals surface area contributed by atoms with E-state index < -0.39 is 0 Å². The van der Waals surface area contributed by atoms with Crippen molar-refractivity contribution in [3.63, 3.8) is 0 Å². The molecule has 2 heterocycles. The van der Waals surface area contributed by atoms with Crippen LogP contribution in [0.25, 0.3) is 0 Å². The van der Waals surface area contributed by atoms with Gasteiger partial charge < -0.3 is 0 Å². The van der Waals surface area contributed by atoms with E-state index in [0.29, 0.717) is 5.02 Å². The first-order valence-electron chi connectivity index (χ1n) is 3.90. The lowest BCUT2D eigenvalue weighted by Gasteiger charge is -1.98. The molecule has 0 unspecified atom stereocenters. The van der Waals surface area contributed by atoms with E-state index in [9.17, 15) is 0 Å². The molecule has 0 aliphatic heterocycles. The third-order valence-corrected chi connectivity index (χ3v) is 2.54. The molecule has 14 heavy (non-hydrogen) atoms. The van der Waals surface area contributed by atoms with Gasteiger partial charge in [0, 0.05) is 18.6 Å². The molecular formula is C9H6ClN3S. The average molecular weight is 224 g/mol. The maximum Gasteiger partial charge on any atom is 0.121 e. The smallest absolute Gasteiger partial charge is 0.121 e. The van der Waals surface area contributed by atoms with Gasteiger partial charge in [-0.15, -0.1) is 0 Å². The summed E-state index contributed by atoms with van der Waals surface area (Å²) in [5, 5.41) is 2.31. The predicted molar refractivity (Wildman–Crippen MR) is 55.4 cm³/mol. The molecule has 0 aliphatic rings. The highest BCUT2D eigenvalue weighted by Gasteiger charge is 1.98. The molecule has 0 fully saturated rings. The zero-order valence-corrected chi connectivity index (χ0v) is 8.66. The molecule has 3 nitrogen and oxygen atoms in total. The van der Waals surface area contributed by atoms with Gasteiger partial charge >= 0.3 is 0 Å². The van der Waals surface area contributed by atoms with E-state index in [4.69, 9.17) is 11.6 Å². The Hall–Kier alpha value is -1.13.